The number of amides is 1. The third kappa shape index (κ3) is 13.0. The molecule has 1 amide bonds. The van der Waals surface area contributed by atoms with Gasteiger partial charge in [0.2, 0.25) is 6.10 Å². The minimum Gasteiger partial charge on any atom is -0.462 e. The van der Waals surface area contributed by atoms with Crippen molar-refractivity contribution in [2.75, 3.05) is 13.2 Å². The van der Waals surface area contributed by atoms with Crippen LogP contribution in [-0.2, 0) is 78.1 Å². The van der Waals surface area contributed by atoms with Gasteiger partial charge in [-0.2, -0.15) is 0 Å². The molecule has 1 fully saturated rings. The predicted octanol–water partition coefficient (Wildman–Crippen LogP) is -0.407. The summed E-state index contributed by atoms with van der Waals surface area (Å²) in [7, 11) is 0. The van der Waals surface area contributed by atoms with Gasteiger partial charge in [0.25, 0.3) is 5.91 Å². The van der Waals surface area contributed by atoms with Gasteiger partial charge in [-0.15, -0.1) is 0 Å². The molecule has 47 heavy (non-hydrogen) atoms. The van der Waals surface area contributed by atoms with E-state index in [1.54, 1.807) is 24.3 Å². The van der Waals surface area contributed by atoms with Gasteiger partial charge in [0.15, 0.2) is 30.7 Å². The minimum atomic E-state index is -1.95. The Morgan fingerprint density at radius 3 is 1.87 bits per heavy atom. The SMILES string of the molecule is CC(=O)OC[C@@H](OC(C)=O)[C@@H](OC(C)=O)[C@@H](OC(C)=O)C(=O)NC[C@H]1O[C@H](OCc2ccccc2)[C@H](N)[C@@H](OC(C)=O)[C@@H]1OC(C)=O. The van der Waals surface area contributed by atoms with Crippen molar-refractivity contribution in [3.8, 4) is 0 Å². The van der Waals surface area contributed by atoms with Gasteiger partial charge in [-0.3, -0.25) is 33.6 Å². The third-order valence-electron chi connectivity index (χ3n) is 6.32. The van der Waals surface area contributed by atoms with Gasteiger partial charge in [0.1, 0.15) is 12.7 Å². The number of carbonyl (C=O) groups is 7. The molecular formula is C30H40N2O15. The quantitative estimate of drug-likeness (QED) is 0.179. The standard InChI is InChI=1S/C30H40N2O15/c1-15(33)40-14-23(42-16(2)34)26(44-18(4)36)28(46-20(6)38)29(39)32-12-22-25(43-17(3)35)27(45-19(5)37)24(31)30(47-22)41-13-21-10-8-7-9-11-21/h7-11,22-28,30H,12-14,31H2,1-6H3,(H,32,39)/t22-,23-,24-,25-,26-,27-,28-,30+/m1/s1. The minimum absolute atomic E-state index is 0.0295. The second-order valence-corrected chi connectivity index (χ2v) is 10.4. The molecule has 0 aromatic heterocycles. The Morgan fingerprint density at radius 2 is 1.34 bits per heavy atom. The molecule has 8 atom stereocenters. The van der Waals surface area contributed by atoms with Crippen molar-refractivity contribution in [3.05, 3.63) is 35.9 Å². The summed E-state index contributed by atoms with van der Waals surface area (Å²) in [4.78, 5) is 85.1. The molecule has 0 saturated carbocycles. The van der Waals surface area contributed by atoms with Crippen molar-refractivity contribution >= 4 is 41.7 Å². The molecule has 0 bridgehead atoms. The number of carbonyl (C=O) groups excluding carboxylic acids is 7. The topological polar surface area (TPSA) is 231 Å². The van der Waals surface area contributed by atoms with E-state index in [1.807, 2.05) is 6.07 Å². The highest BCUT2D eigenvalue weighted by molar-refractivity contribution is 5.84. The molecule has 0 aliphatic carbocycles. The van der Waals surface area contributed by atoms with Crippen LogP contribution in [0.2, 0.25) is 0 Å². The number of hydrogen-bond donors (Lipinski definition) is 2. The summed E-state index contributed by atoms with van der Waals surface area (Å²) in [5, 5.41) is 2.46. The molecule has 1 saturated heterocycles. The fourth-order valence-corrected chi connectivity index (χ4v) is 4.55. The monoisotopic (exact) mass is 668 g/mol. The summed E-state index contributed by atoms with van der Waals surface area (Å²) in [5.41, 5.74) is 7.10. The molecule has 1 aliphatic rings. The fraction of sp³-hybridized carbons (Fsp3) is 0.567. The molecule has 3 N–H and O–H groups in total. The van der Waals surface area contributed by atoms with Crippen molar-refractivity contribution in [2.24, 2.45) is 5.73 Å². The highest BCUT2D eigenvalue weighted by Gasteiger charge is 2.50. The molecule has 260 valence electrons. The Hall–Kier alpha value is -4.61. The Morgan fingerprint density at radius 1 is 0.766 bits per heavy atom. The highest BCUT2D eigenvalue weighted by Crippen LogP contribution is 2.27. The summed E-state index contributed by atoms with van der Waals surface area (Å²) in [6, 6.07) is 7.82. The van der Waals surface area contributed by atoms with Crippen LogP contribution in [0.4, 0.5) is 0 Å². The predicted molar refractivity (Wildman–Crippen MR) is 155 cm³/mol. The van der Waals surface area contributed by atoms with Gasteiger partial charge in [-0.25, -0.2) is 0 Å². The van der Waals surface area contributed by atoms with Gasteiger partial charge in [-0.1, -0.05) is 30.3 Å². The van der Waals surface area contributed by atoms with Crippen LogP contribution in [0.5, 0.6) is 0 Å². The lowest BCUT2D eigenvalue weighted by molar-refractivity contribution is -0.269. The van der Waals surface area contributed by atoms with Gasteiger partial charge in [0, 0.05) is 48.1 Å². The molecule has 0 unspecified atom stereocenters. The fourth-order valence-electron chi connectivity index (χ4n) is 4.55. The molecule has 1 aromatic rings. The second-order valence-electron chi connectivity index (χ2n) is 10.4. The van der Waals surface area contributed by atoms with Crippen LogP contribution in [-0.4, -0.2) is 104 Å². The van der Waals surface area contributed by atoms with Gasteiger partial charge < -0.3 is 48.9 Å². The number of esters is 6. The number of ether oxygens (including phenoxy) is 8. The van der Waals surface area contributed by atoms with E-state index in [0.717, 1.165) is 47.1 Å². The number of hydrogen-bond acceptors (Lipinski definition) is 16. The van der Waals surface area contributed by atoms with E-state index in [1.165, 1.54) is 0 Å². The summed E-state index contributed by atoms with van der Waals surface area (Å²) >= 11 is 0. The number of nitrogens with two attached hydrogens (primary N) is 1. The average molecular weight is 669 g/mol. The van der Waals surface area contributed by atoms with E-state index in [2.05, 4.69) is 5.32 Å². The highest BCUT2D eigenvalue weighted by atomic mass is 16.7. The molecule has 0 radical (unpaired) electrons. The molecule has 17 nitrogen and oxygen atoms in total. The van der Waals surface area contributed by atoms with Gasteiger partial charge >= 0.3 is 35.8 Å². The lowest BCUT2D eigenvalue weighted by Crippen LogP contribution is -2.66. The van der Waals surface area contributed by atoms with Crippen LogP contribution in [0.3, 0.4) is 0 Å². The maximum Gasteiger partial charge on any atom is 0.303 e. The summed E-state index contributed by atoms with van der Waals surface area (Å²) < 4.78 is 43.1. The van der Waals surface area contributed by atoms with Crippen LogP contribution in [0, 0.1) is 0 Å². The summed E-state index contributed by atoms with van der Waals surface area (Å²) in [5.74, 6) is -6.25. The molecule has 1 aliphatic heterocycles. The Balaban J connectivity index is 2.41. The first-order valence-corrected chi connectivity index (χ1v) is 14.4. The Kier molecular flexibility index (Phi) is 15.2. The largest absolute Gasteiger partial charge is 0.462 e. The van der Waals surface area contributed by atoms with E-state index in [4.69, 9.17) is 43.6 Å². The van der Waals surface area contributed by atoms with E-state index in [9.17, 15) is 33.6 Å². The normalized spacial score (nSPS) is 22.3. The molecule has 1 aromatic carbocycles. The smallest absolute Gasteiger partial charge is 0.303 e. The Bertz CT molecular complexity index is 1270. The van der Waals surface area contributed by atoms with Crippen LogP contribution < -0.4 is 11.1 Å². The molecular weight excluding hydrogens is 628 g/mol. The average Bonchev–Trinajstić information content (AvgIpc) is 2.97. The van der Waals surface area contributed by atoms with E-state index < -0.39 is 104 Å². The van der Waals surface area contributed by atoms with E-state index >= 15 is 0 Å². The van der Waals surface area contributed by atoms with Crippen LogP contribution in [0.15, 0.2) is 30.3 Å². The zero-order valence-electron chi connectivity index (χ0n) is 26.8. The first kappa shape index (κ1) is 38.6. The summed E-state index contributed by atoms with van der Waals surface area (Å²) in [6.07, 6.45) is -10.5. The van der Waals surface area contributed by atoms with Crippen LogP contribution in [0.25, 0.3) is 0 Å². The second kappa shape index (κ2) is 18.5. The maximum absolute atomic E-state index is 13.6. The lowest BCUT2D eigenvalue weighted by atomic mass is 9.96. The van der Waals surface area contributed by atoms with Crippen molar-refractivity contribution in [1.29, 1.82) is 0 Å². The van der Waals surface area contributed by atoms with Crippen molar-refractivity contribution in [3.63, 3.8) is 0 Å². The van der Waals surface area contributed by atoms with Crippen molar-refractivity contribution < 1.29 is 71.5 Å². The van der Waals surface area contributed by atoms with E-state index in [0.29, 0.717) is 0 Å². The van der Waals surface area contributed by atoms with Gasteiger partial charge in [0.05, 0.1) is 12.6 Å². The zero-order valence-corrected chi connectivity index (χ0v) is 26.8. The van der Waals surface area contributed by atoms with Crippen molar-refractivity contribution in [1.82, 2.24) is 5.32 Å². The molecule has 0 spiro atoms. The number of benzene rings is 1. The molecule has 1 heterocycles. The van der Waals surface area contributed by atoms with Crippen molar-refractivity contribution in [2.45, 2.75) is 97.1 Å². The third-order valence-corrected chi connectivity index (χ3v) is 6.32. The maximum atomic E-state index is 13.6. The number of nitrogens with one attached hydrogen (secondary N) is 1. The van der Waals surface area contributed by atoms with Crippen LogP contribution >= 0.6 is 0 Å². The lowest BCUT2D eigenvalue weighted by Gasteiger charge is -2.44. The molecule has 2 rings (SSSR count). The van der Waals surface area contributed by atoms with E-state index in [-0.39, 0.29) is 6.61 Å². The summed E-state index contributed by atoms with van der Waals surface area (Å²) in [6.45, 7) is 5.14. The van der Waals surface area contributed by atoms with Crippen LogP contribution in [0.1, 0.15) is 47.1 Å². The first-order valence-electron chi connectivity index (χ1n) is 14.4. The number of rotatable bonds is 15. The molecule has 17 heteroatoms. The Labute approximate surface area is 270 Å². The van der Waals surface area contributed by atoms with Gasteiger partial charge in [-0.05, 0) is 5.56 Å². The first-order chi connectivity index (χ1) is 22.1. The zero-order chi connectivity index (χ0) is 35.3.